The van der Waals surface area contributed by atoms with Crippen molar-refractivity contribution >= 4 is 23.2 Å². The summed E-state index contributed by atoms with van der Waals surface area (Å²) in [4.78, 5) is 21.5. The van der Waals surface area contributed by atoms with Gasteiger partial charge in [0.05, 0.1) is 4.92 Å². The molecule has 0 spiro atoms. The third-order valence-electron chi connectivity index (χ3n) is 2.62. The van der Waals surface area contributed by atoms with Gasteiger partial charge in [0, 0.05) is 18.5 Å². The van der Waals surface area contributed by atoms with E-state index < -0.39 is 4.92 Å². The summed E-state index contributed by atoms with van der Waals surface area (Å²) in [5.74, 6) is 0.153. The van der Waals surface area contributed by atoms with Crippen molar-refractivity contribution in [3.05, 3.63) is 38.9 Å². The van der Waals surface area contributed by atoms with E-state index in [1.165, 1.54) is 12.1 Å². The molecule has 0 bridgehead atoms. The maximum atomic E-state index is 11.4. The highest BCUT2D eigenvalue weighted by atomic mass is 35.5. The number of hydrogen-bond donors (Lipinski definition) is 1. The predicted octanol–water partition coefficient (Wildman–Crippen LogP) is 2.27. The summed E-state index contributed by atoms with van der Waals surface area (Å²) in [7, 11) is 0. The summed E-state index contributed by atoms with van der Waals surface area (Å²) in [6.07, 6.45) is 1.87. The van der Waals surface area contributed by atoms with Crippen LogP contribution in [0.1, 0.15) is 18.4 Å². The average molecular weight is 255 g/mol. The predicted molar refractivity (Wildman–Crippen MR) is 62.7 cm³/mol. The zero-order valence-electron chi connectivity index (χ0n) is 8.98. The molecule has 17 heavy (non-hydrogen) atoms. The molecular formula is C11H11ClN2O3. The van der Waals surface area contributed by atoms with Crippen molar-refractivity contribution in [1.29, 1.82) is 0 Å². The summed E-state index contributed by atoms with van der Waals surface area (Å²) in [6, 6.07) is 4.52. The van der Waals surface area contributed by atoms with Crippen LogP contribution in [0.5, 0.6) is 0 Å². The second-order valence-corrected chi connectivity index (χ2v) is 4.44. The number of carbonyl (C=O) groups is 1. The monoisotopic (exact) mass is 254 g/mol. The van der Waals surface area contributed by atoms with E-state index in [-0.39, 0.29) is 22.5 Å². The first-order chi connectivity index (χ1) is 8.08. The molecule has 5 nitrogen and oxygen atoms in total. The Balaban J connectivity index is 2.03. The van der Waals surface area contributed by atoms with Gasteiger partial charge in [-0.2, -0.15) is 0 Å². The van der Waals surface area contributed by atoms with E-state index in [1.807, 2.05) is 0 Å². The molecule has 1 aliphatic carbocycles. The molecule has 1 aliphatic rings. The lowest BCUT2D eigenvalue weighted by molar-refractivity contribution is -0.384. The standard InChI is InChI=1S/C11H11ClN2O3/c12-9-4-1-7(5-10(9)14(16)17)6-13-11(15)8-2-3-8/h1,4-5,8H,2-3,6H2,(H,13,15). The molecular weight excluding hydrogens is 244 g/mol. The second kappa shape index (κ2) is 4.71. The fourth-order valence-electron chi connectivity index (χ4n) is 1.49. The van der Waals surface area contributed by atoms with Gasteiger partial charge in [-0.25, -0.2) is 0 Å². The van der Waals surface area contributed by atoms with Crippen LogP contribution < -0.4 is 5.32 Å². The lowest BCUT2D eigenvalue weighted by atomic mass is 10.2. The van der Waals surface area contributed by atoms with E-state index in [1.54, 1.807) is 6.07 Å². The van der Waals surface area contributed by atoms with Crippen LogP contribution in [-0.2, 0) is 11.3 Å². The third-order valence-corrected chi connectivity index (χ3v) is 2.94. The molecule has 1 fully saturated rings. The number of nitrogens with one attached hydrogen (secondary N) is 1. The van der Waals surface area contributed by atoms with Gasteiger partial charge >= 0.3 is 0 Å². The fourth-order valence-corrected chi connectivity index (χ4v) is 1.67. The molecule has 0 atom stereocenters. The Morgan fingerprint density at radius 2 is 2.24 bits per heavy atom. The van der Waals surface area contributed by atoms with Gasteiger partial charge in [-0.1, -0.05) is 17.7 Å². The number of rotatable bonds is 4. The first kappa shape index (κ1) is 11.9. The van der Waals surface area contributed by atoms with Crippen LogP contribution in [0, 0.1) is 16.0 Å². The number of nitro groups is 1. The number of halogens is 1. The van der Waals surface area contributed by atoms with Crippen molar-refractivity contribution in [2.45, 2.75) is 19.4 Å². The number of carbonyl (C=O) groups excluding carboxylic acids is 1. The van der Waals surface area contributed by atoms with Crippen molar-refractivity contribution < 1.29 is 9.72 Å². The molecule has 90 valence electrons. The highest BCUT2D eigenvalue weighted by Crippen LogP contribution is 2.29. The molecule has 0 radical (unpaired) electrons. The van der Waals surface area contributed by atoms with Gasteiger partial charge in [0.2, 0.25) is 5.91 Å². The Labute approximate surface area is 103 Å². The minimum absolute atomic E-state index is 0.0163. The quantitative estimate of drug-likeness (QED) is 0.662. The van der Waals surface area contributed by atoms with E-state index in [9.17, 15) is 14.9 Å². The van der Waals surface area contributed by atoms with Crippen LogP contribution in [0.3, 0.4) is 0 Å². The van der Waals surface area contributed by atoms with Gasteiger partial charge in [-0.15, -0.1) is 0 Å². The Hall–Kier alpha value is -1.62. The molecule has 0 aliphatic heterocycles. The van der Waals surface area contributed by atoms with E-state index in [2.05, 4.69) is 5.32 Å². The minimum atomic E-state index is -0.533. The third kappa shape index (κ3) is 2.94. The highest BCUT2D eigenvalue weighted by Gasteiger charge is 2.29. The van der Waals surface area contributed by atoms with E-state index in [0.717, 1.165) is 12.8 Å². The van der Waals surface area contributed by atoms with Crippen LogP contribution in [-0.4, -0.2) is 10.8 Å². The van der Waals surface area contributed by atoms with Gasteiger partial charge in [0.1, 0.15) is 5.02 Å². The Morgan fingerprint density at radius 3 is 2.82 bits per heavy atom. The number of amides is 1. The summed E-state index contributed by atoms with van der Waals surface area (Å²) < 4.78 is 0. The van der Waals surface area contributed by atoms with Crippen molar-refractivity contribution in [1.82, 2.24) is 5.32 Å². The zero-order chi connectivity index (χ0) is 12.4. The first-order valence-electron chi connectivity index (χ1n) is 5.28. The number of benzene rings is 1. The molecule has 0 aromatic heterocycles. The summed E-state index contributed by atoms with van der Waals surface area (Å²) in [6.45, 7) is 0.299. The van der Waals surface area contributed by atoms with Crippen molar-refractivity contribution in [3.8, 4) is 0 Å². The van der Waals surface area contributed by atoms with Crippen LogP contribution in [0.2, 0.25) is 5.02 Å². The molecule has 1 N–H and O–H groups in total. The van der Waals surface area contributed by atoms with Gasteiger partial charge in [-0.3, -0.25) is 14.9 Å². The highest BCUT2D eigenvalue weighted by molar-refractivity contribution is 6.32. The van der Waals surface area contributed by atoms with E-state index in [0.29, 0.717) is 12.1 Å². The molecule has 1 saturated carbocycles. The molecule has 0 unspecified atom stereocenters. The fraction of sp³-hybridized carbons (Fsp3) is 0.364. The summed E-state index contributed by atoms with van der Waals surface area (Å²) in [5, 5.41) is 13.5. The topological polar surface area (TPSA) is 72.2 Å². The Morgan fingerprint density at radius 1 is 1.53 bits per heavy atom. The minimum Gasteiger partial charge on any atom is -0.352 e. The number of nitrogens with zero attached hydrogens (tertiary/aromatic N) is 1. The van der Waals surface area contributed by atoms with Crippen LogP contribution in [0.25, 0.3) is 0 Å². The summed E-state index contributed by atoms with van der Waals surface area (Å²) >= 11 is 5.69. The molecule has 1 amide bonds. The largest absolute Gasteiger partial charge is 0.352 e. The van der Waals surface area contributed by atoms with Gasteiger partial charge in [-0.05, 0) is 24.5 Å². The van der Waals surface area contributed by atoms with Gasteiger partial charge in [0.15, 0.2) is 0 Å². The van der Waals surface area contributed by atoms with E-state index >= 15 is 0 Å². The SMILES string of the molecule is O=C(NCc1ccc(Cl)c([N+](=O)[O-])c1)C1CC1. The molecule has 0 saturated heterocycles. The van der Waals surface area contributed by atoms with Crippen molar-refractivity contribution in [2.75, 3.05) is 0 Å². The maximum Gasteiger partial charge on any atom is 0.288 e. The summed E-state index contributed by atoms with van der Waals surface area (Å²) in [5.41, 5.74) is 0.542. The normalized spacial score (nSPS) is 14.4. The van der Waals surface area contributed by atoms with Crippen LogP contribution >= 0.6 is 11.6 Å². The maximum absolute atomic E-state index is 11.4. The van der Waals surface area contributed by atoms with Crippen molar-refractivity contribution in [3.63, 3.8) is 0 Å². The lowest BCUT2D eigenvalue weighted by Gasteiger charge is -2.04. The lowest BCUT2D eigenvalue weighted by Crippen LogP contribution is -2.24. The molecule has 1 aromatic rings. The zero-order valence-corrected chi connectivity index (χ0v) is 9.74. The number of nitro benzene ring substituents is 1. The van der Waals surface area contributed by atoms with Crippen LogP contribution in [0.4, 0.5) is 5.69 Å². The number of hydrogen-bond acceptors (Lipinski definition) is 3. The molecule has 2 rings (SSSR count). The smallest absolute Gasteiger partial charge is 0.288 e. The average Bonchev–Trinajstić information content (AvgIpc) is 3.11. The molecule has 0 heterocycles. The van der Waals surface area contributed by atoms with Crippen molar-refractivity contribution in [2.24, 2.45) is 5.92 Å². The van der Waals surface area contributed by atoms with Crippen LogP contribution in [0.15, 0.2) is 18.2 Å². The van der Waals surface area contributed by atoms with Gasteiger partial charge in [0.25, 0.3) is 5.69 Å². The molecule has 1 aromatic carbocycles. The first-order valence-corrected chi connectivity index (χ1v) is 5.66. The second-order valence-electron chi connectivity index (χ2n) is 4.03. The Bertz CT molecular complexity index is 472. The van der Waals surface area contributed by atoms with Gasteiger partial charge < -0.3 is 5.32 Å². The van der Waals surface area contributed by atoms with E-state index in [4.69, 9.17) is 11.6 Å². The Kier molecular flexibility index (Phi) is 3.28. The molecule has 6 heteroatoms.